The van der Waals surface area contributed by atoms with Crippen molar-refractivity contribution in [3.8, 4) is 0 Å². The van der Waals surface area contributed by atoms with E-state index in [1.807, 2.05) is 32.0 Å². The highest BCUT2D eigenvalue weighted by Gasteiger charge is 2.04. The molecule has 0 aliphatic rings. The highest BCUT2D eigenvalue weighted by molar-refractivity contribution is 5.17. The second kappa shape index (κ2) is 7.43. The average molecular weight is 181 g/mol. The number of aliphatic hydroxyl groups is 1. The van der Waals surface area contributed by atoms with Gasteiger partial charge >= 0.3 is 0 Å². The monoisotopic (exact) mass is 181 g/mol. The number of nitroso groups, excluding NO2 is 1. The summed E-state index contributed by atoms with van der Waals surface area (Å²) < 4.78 is 0. The van der Waals surface area contributed by atoms with Gasteiger partial charge in [0, 0.05) is 0 Å². The molecule has 0 bridgehead atoms. The van der Waals surface area contributed by atoms with Crippen LogP contribution in [0.15, 0.2) is 35.5 Å². The minimum absolute atomic E-state index is 0.0794. The van der Waals surface area contributed by atoms with E-state index in [1.54, 1.807) is 12.1 Å². The number of nitrogens with zero attached hydrogens (tertiary/aromatic N) is 1. The maximum atomic E-state index is 9.78. The molecular formula is C10H15NO2. The van der Waals surface area contributed by atoms with E-state index in [0.29, 0.717) is 0 Å². The van der Waals surface area contributed by atoms with Crippen LogP contribution in [0.25, 0.3) is 0 Å². The first kappa shape index (κ1) is 11.8. The number of rotatable bonds is 3. The lowest BCUT2D eigenvalue weighted by atomic mass is 10.1. The molecule has 0 aromatic heterocycles. The fourth-order valence-corrected chi connectivity index (χ4v) is 0.851. The van der Waals surface area contributed by atoms with E-state index in [4.69, 9.17) is 0 Å². The number of hydrogen-bond acceptors (Lipinski definition) is 3. The number of hydrogen-bond donors (Lipinski definition) is 1. The van der Waals surface area contributed by atoms with Crippen LogP contribution in [0.1, 0.15) is 25.5 Å². The minimum atomic E-state index is -0.756. The van der Waals surface area contributed by atoms with E-state index < -0.39 is 6.10 Å². The molecule has 3 nitrogen and oxygen atoms in total. The zero-order valence-corrected chi connectivity index (χ0v) is 7.97. The van der Waals surface area contributed by atoms with Crippen LogP contribution < -0.4 is 0 Å². The molecule has 0 saturated heterocycles. The molecule has 1 unspecified atom stereocenters. The van der Waals surface area contributed by atoms with Gasteiger partial charge in [0.25, 0.3) is 0 Å². The van der Waals surface area contributed by atoms with Gasteiger partial charge in [-0.3, -0.25) is 0 Å². The molecule has 13 heavy (non-hydrogen) atoms. The zero-order valence-electron chi connectivity index (χ0n) is 7.97. The quantitative estimate of drug-likeness (QED) is 0.728. The van der Waals surface area contributed by atoms with Gasteiger partial charge < -0.3 is 5.11 Å². The molecule has 0 aliphatic carbocycles. The fourth-order valence-electron chi connectivity index (χ4n) is 0.851. The Hall–Kier alpha value is -1.22. The second-order valence-corrected chi connectivity index (χ2v) is 2.24. The Kier molecular flexibility index (Phi) is 6.73. The van der Waals surface area contributed by atoms with Crippen LogP contribution in [0.2, 0.25) is 0 Å². The molecule has 3 heteroatoms. The largest absolute Gasteiger partial charge is 0.386 e. The molecule has 1 rings (SSSR count). The van der Waals surface area contributed by atoms with Crippen molar-refractivity contribution < 1.29 is 5.11 Å². The normalized spacial score (nSPS) is 11.0. The zero-order chi connectivity index (χ0) is 10.1. The molecule has 1 aromatic carbocycles. The fraction of sp³-hybridized carbons (Fsp3) is 0.400. The van der Waals surface area contributed by atoms with Crippen molar-refractivity contribution in [2.75, 3.05) is 6.54 Å². The Morgan fingerprint density at radius 2 is 1.85 bits per heavy atom. The van der Waals surface area contributed by atoms with E-state index in [9.17, 15) is 10.0 Å². The molecule has 0 amide bonds. The summed E-state index contributed by atoms with van der Waals surface area (Å²) in [5, 5.41) is 11.8. The van der Waals surface area contributed by atoms with Crippen molar-refractivity contribution >= 4 is 0 Å². The van der Waals surface area contributed by atoms with Gasteiger partial charge in [0.15, 0.2) is 0 Å². The van der Waals surface area contributed by atoms with E-state index >= 15 is 0 Å². The van der Waals surface area contributed by atoms with Gasteiger partial charge in [0.2, 0.25) is 0 Å². The molecule has 0 spiro atoms. The summed E-state index contributed by atoms with van der Waals surface area (Å²) in [4.78, 5) is 9.78. The Morgan fingerprint density at radius 1 is 1.31 bits per heavy atom. The molecule has 1 aromatic rings. The van der Waals surface area contributed by atoms with Crippen LogP contribution in [0, 0.1) is 4.91 Å². The van der Waals surface area contributed by atoms with Crippen molar-refractivity contribution in [3.05, 3.63) is 40.8 Å². The van der Waals surface area contributed by atoms with Gasteiger partial charge in [-0.1, -0.05) is 49.4 Å². The van der Waals surface area contributed by atoms with Crippen molar-refractivity contribution in [3.63, 3.8) is 0 Å². The topological polar surface area (TPSA) is 49.7 Å². The third-order valence-electron chi connectivity index (χ3n) is 1.43. The standard InChI is InChI=1S/C8H9NO2.C2H6/c10-8(6-9-11)7-4-2-1-3-5-7;1-2/h1-5,8,10H,6H2;1-2H3. The van der Waals surface area contributed by atoms with Crippen LogP contribution in [0.3, 0.4) is 0 Å². The van der Waals surface area contributed by atoms with Gasteiger partial charge in [0.05, 0.1) is 0 Å². The molecule has 1 atom stereocenters. The Labute approximate surface area is 78.4 Å². The highest BCUT2D eigenvalue weighted by Crippen LogP contribution is 2.11. The third-order valence-corrected chi connectivity index (χ3v) is 1.43. The van der Waals surface area contributed by atoms with Gasteiger partial charge in [-0.05, 0) is 5.56 Å². The number of aliphatic hydroxyl groups excluding tert-OH is 1. The predicted octanol–water partition coefficient (Wildman–Crippen LogP) is 2.51. The maximum Gasteiger partial charge on any atom is 0.111 e. The minimum Gasteiger partial charge on any atom is -0.386 e. The van der Waals surface area contributed by atoms with Gasteiger partial charge in [-0.25, -0.2) is 0 Å². The second-order valence-electron chi connectivity index (χ2n) is 2.24. The van der Waals surface area contributed by atoms with Crippen molar-refractivity contribution in [2.24, 2.45) is 5.18 Å². The molecule has 0 fully saturated rings. The summed E-state index contributed by atoms with van der Waals surface area (Å²) in [7, 11) is 0. The predicted molar refractivity (Wildman–Crippen MR) is 53.4 cm³/mol. The summed E-state index contributed by atoms with van der Waals surface area (Å²) in [6.07, 6.45) is -0.756. The van der Waals surface area contributed by atoms with Gasteiger partial charge in [-0.15, -0.1) is 0 Å². The summed E-state index contributed by atoms with van der Waals surface area (Å²) >= 11 is 0. The lowest BCUT2D eigenvalue weighted by molar-refractivity contribution is 0.187. The Balaban J connectivity index is 0.000000671. The van der Waals surface area contributed by atoms with Gasteiger partial charge in [-0.2, -0.15) is 4.91 Å². The highest BCUT2D eigenvalue weighted by atomic mass is 16.3. The lowest BCUT2D eigenvalue weighted by Gasteiger charge is -2.04. The first-order valence-electron chi connectivity index (χ1n) is 4.36. The van der Waals surface area contributed by atoms with Gasteiger partial charge in [0.1, 0.15) is 12.6 Å². The first-order chi connectivity index (χ1) is 6.34. The van der Waals surface area contributed by atoms with Crippen LogP contribution >= 0.6 is 0 Å². The molecular weight excluding hydrogens is 166 g/mol. The molecule has 0 saturated carbocycles. The SMILES string of the molecule is CC.O=NCC(O)c1ccccc1. The Bertz CT molecular complexity index is 224. The van der Waals surface area contributed by atoms with Crippen molar-refractivity contribution in [1.29, 1.82) is 0 Å². The summed E-state index contributed by atoms with van der Waals surface area (Å²) in [5.74, 6) is 0. The summed E-state index contributed by atoms with van der Waals surface area (Å²) in [6, 6.07) is 8.99. The molecule has 0 radical (unpaired) electrons. The van der Waals surface area contributed by atoms with E-state index in [2.05, 4.69) is 5.18 Å². The van der Waals surface area contributed by atoms with E-state index in [0.717, 1.165) is 5.56 Å². The average Bonchev–Trinajstić information content (AvgIpc) is 2.23. The van der Waals surface area contributed by atoms with Crippen LogP contribution in [-0.4, -0.2) is 11.7 Å². The van der Waals surface area contributed by atoms with Crippen molar-refractivity contribution in [2.45, 2.75) is 20.0 Å². The molecule has 0 heterocycles. The maximum absolute atomic E-state index is 9.78. The molecule has 72 valence electrons. The van der Waals surface area contributed by atoms with Crippen LogP contribution in [-0.2, 0) is 0 Å². The summed E-state index contributed by atoms with van der Waals surface area (Å²) in [5.41, 5.74) is 0.729. The van der Waals surface area contributed by atoms with Crippen LogP contribution in [0.5, 0.6) is 0 Å². The van der Waals surface area contributed by atoms with E-state index in [-0.39, 0.29) is 6.54 Å². The number of benzene rings is 1. The molecule has 1 N–H and O–H groups in total. The smallest absolute Gasteiger partial charge is 0.111 e. The Morgan fingerprint density at radius 3 is 2.31 bits per heavy atom. The first-order valence-corrected chi connectivity index (χ1v) is 4.36. The third kappa shape index (κ3) is 4.38. The summed E-state index contributed by atoms with van der Waals surface area (Å²) in [6.45, 7) is 3.92. The van der Waals surface area contributed by atoms with E-state index in [1.165, 1.54) is 0 Å². The van der Waals surface area contributed by atoms with Crippen LogP contribution in [0.4, 0.5) is 0 Å². The molecule has 0 aliphatic heterocycles. The van der Waals surface area contributed by atoms with Crippen molar-refractivity contribution in [1.82, 2.24) is 0 Å². The lowest BCUT2D eigenvalue weighted by Crippen LogP contribution is -1.99.